The Kier molecular flexibility index (Phi) is 6.52. The third kappa shape index (κ3) is 4.66. The lowest BCUT2D eigenvalue weighted by molar-refractivity contribution is -0.152. The molecule has 0 heterocycles. The monoisotopic (exact) mass is 296 g/mol. The highest BCUT2D eigenvalue weighted by Crippen LogP contribution is 2.32. The van der Waals surface area contributed by atoms with Crippen LogP contribution in [0.1, 0.15) is 18.9 Å². The van der Waals surface area contributed by atoms with E-state index >= 15 is 0 Å². The van der Waals surface area contributed by atoms with Crippen LogP contribution in [0.3, 0.4) is 0 Å². The molecular weight excluding hydrogens is 276 g/mol. The lowest BCUT2D eigenvalue weighted by Gasteiger charge is -2.17. The minimum atomic E-state index is -1.05. The fourth-order valence-corrected chi connectivity index (χ4v) is 2.09. The average Bonchev–Trinajstić information content (AvgIpc) is 2.45. The predicted molar refractivity (Wildman–Crippen MR) is 75.6 cm³/mol. The molecule has 21 heavy (non-hydrogen) atoms. The Morgan fingerprint density at radius 1 is 1.24 bits per heavy atom. The molecule has 1 N–H and O–H groups in total. The number of hydrogen-bond donors (Lipinski definition) is 1. The van der Waals surface area contributed by atoms with Crippen molar-refractivity contribution in [2.24, 2.45) is 5.92 Å². The van der Waals surface area contributed by atoms with Gasteiger partial charge in [0.2, 0.25) is 0 Å². The van der Waals surface area contributed by atoms with E-state index in [0.717, 1.165) is 0 Å². The number of carboxylic acid groups (broad SMARTS) is 1. The molecule has 1 aromatic rings. The Balaban J connectivity index is 3.02. The molecule has 0 bridgehead atoms. The molecule has 6 heteroatoms. The zero-order valence-corrected chi connectivity index (χ0v) is 12.4. The second-order valence-corrected chi connectivity index (χ2v) is 4.40. The van der Waals surface area contributed by atoms with E-state index in [1.807, 2.05) is 0 Å². The average molecular weight is 296 g/mol. The van der Waals surface area contributed by atoms with E-state index in [1.54, 1.807) is 25.1 Å². The van der Waals surface area contributed by atoms with Crippen molar-refractivity contribution in [3.8, 4) is 11.5 Å². The Hall–Kier alpha value is -2.24. The summed E-state index contributed by atoms with van der Waals surface area (Å²) in [6, 6.07) is 5.27. The van der Waals surface area contributed by atoms with Gasteiger partial charge in [-0.3, -0.25) is 9.59 Å². The first-order valence-corrected chi connectivity index (χ1v) is 6.61. The van der Waals surface area contributed by atoms with Crippen molar-refractivity contribution >= 4 is 11.9 Å². The molecule has 1 atom stereocenters. The minimum Gasteiger partial charge on any atom is -0.493 e. The number of carbonyl (C=O) groups excluding carboxylic acids is 1. The SMILES string of the molecule is CCOC(=O)[C@H](CC(=O)O)Cc1cccc(OC)c1OC. The van der Waals surface area contributed by atoms with Crippen LogP contribution in [0.4, 0.5) is 0 Å². The minimum absolute atomic E-state index is 0.212. The van der Waals surface area contributed by atoms with Crippen LogP contribution in [0.5, 0.6) is 11.5 Å². The third-order valence-corrected chi connectivity index (χ3v) is 2.99. The van der Waals surface area contributed by atoms with Crippen molar-refractivity contribution in [1.29, 1.82) is 0 Å². The number of aliphatic carboxylic acids is 1. The van der Waals surface area contributed by atoms with Gasteiger partial charge in [0.05, 0.1) is 33.2 Å². The number of para-hydroxylation sites is 1. The van der Waals surface area contributed by atoms with E-state index in [9.17, 15) is 9.59 Å². The smallest absolute Gasteiger partial charge is 0.309 e. The molecule has 0 aliphatic carbocycles. The summed E-state index contributed by atoms with van der Waals surface area (Å²) in [6.45, 7) is 1.89. The summed E-state index contributed by atoms with van der Waals surface area (Å²) in [6.07, 6.45) is -0.0787. The van der Waals surface area contributed by atoms with Gasteiger partial charge >= 0.3 is 11.9 Å². The number of hydrogen-bond acceptors (Lipinski definition) is 5. The summed E-state index contributed by atoms with van der Waals surface area (Å²) in [5.74, 6) is -1.30. The molecule has 0 fully saturated rings. The lowest BCUT2D eigenvalue weighted by Crippen LogP contribution is -2.23. The van der Waals surface area contributed by atoms with E-state index in [1.165, 1.54) is 14.2 Å². The molecule has 0 aromatic heterocycles. The summed E-state index contributed by atoms with van der Waals surface area (Å²) in [4.78, 5) is 22.8. The zero-order chi connectivity index (χ0) is 15.8. The van der Waals surface area contributed by atoms with Crippen LogP contribution in [-0.2, 0) is 20.7 Å². The Morgan fingerprint density at radius 2 is 1.95 bits per heavy atom. The molecule has 0 spiro atoms. The molecule has 1 rings (SSSR count). The fourth-order valence-electron chi connectivity index (χ4n) is 2.09. The molecule has 0 radical (unpaired) electrons. The van der Waals surface area contributed by atoms with Gasteiger partial charge in [-0.05, 0) is 25.0 Å². The van der Waals surface area contributed by atoms with Crippen LogP contribution in [0.15, 0.2) is 18.2 Å². The number of carboxylic acids is 1. The molecule has 0 saturated heterocycles. The Labute approximate surface area is 123 Å². The van der Waals surface area contributed by atoms with E-state index in [2.05, 4.69) is 0 Å². The quantitative estimate of drug-likeness (QED) is 0.738. The van der Waals surface area contributed by atoms with Crippen LogP contribution < -0.4 is 9.47 Å². The number of esters is 1. The summed E-state index contributed by atoms with van der Waals surface area (Å²) in [5, 5.41) is 8.94. The van der Waals surface area contributed by atoms with Gasteiger partial charge in [-0.2, -0.15) is 0 Å². The first-order chi connectivity index (χ1) is 10.0. The van der Waals surface area contributed by atoms with Crippen LogP contribution in [0.2, 0.25) is 0 Å². The number of methoxy groups -OCH3 is 2. The molecule has 6 nitrogen and oxygen atoms in total. The predicted octanol–water partition coefficient (Wildman–Crippen LogP) is 1.90. The van der Waals surface area contributed by atoms with Crippen molar-refractivity contribution in [3.63, 3.8) is 0 Å². The normalized spacial score (nSPS) is 11.6. The van der Waals surface area contributed by atoms with Crippen molar-refractivity contribution in [2.75, 3.05) is 20.8 Å². The van der Waals surface area contributed by atoms with Gasteiger partial charge in [0, 0.05) is 0 Å². The molecule has 0 amide bonds. The largest absolute Gasteiger partial charge is 0.493 e. The molecule has 0 saturated carbocycles. The van der Waals surface area contributed by atoms with E-state index in [0.29, 0.717) is 17.1 Å². The van der Waals surface area contributed by atoms with Crippen molar-refractivity contribution in [2.45, 2.75) is 19.8 Å². The number of ether oxygens (including phenoxy) is 3. The van der Waals surface area contributed by atoms with Crippen molar-refractivity contribution in [3.05, 3.63) is 23.8 Å². The van der Waals surface area contributed by atoms with E-state index in [4.69, 9.17) is 19.3 Å². The highest BCUT2D eigenvalue weighted by molar-refractivity contribution is 5.79. The topological polar surface area (TPSA) is 82.1 Å². The first kappa shape index (κ1) is 16.8. The van der Waals surface area contributed by atoms with Crippen molar-refractivity contribution < 1.29 is 28.9 Å². The van der Waals surface area contributed by atoms with Gasteiger partial charge in [-0.15, -0.1) is 0 Å². The first-order valence-electron chi connectivity index (χ1n) is 6.61. The number of carbonyl (C=O) groups is 2. The molecule has 0 aliphatic rings. The van der Waals surface area contributed by atoms with E-state index < -0.39 is 17.9 Å². The van der Waals surface area contributed by atoms with E-state index in [-0.39, 0.29) is 19.4 Å². The number of rotatable bonds is 8. The van der Waals surface area contributed by atoms with Gasteiger partial charge in [0.25, 0.3) is 0 Å². The second-order valence-electron chi connectivity index (χ2n) is 4.40. The van der Waals surface area contributed by atoms with Crippen LogP contribution in [-0.4, -0.2) is 37.9 Å². The van der Waals surface area contributed by atoms with Crippen LogP contribution in [0, 0.1) is 5.92 Å². The number of benzene rings is 1. The van der Waals surface area contributed by atoms with Gasteiger partial charge in [0.1, 0.15) is 0 Å². The fraction of sp³-hybridized carbons (Fsp3) is 0.467. The zero-order valence-electron chi connectivity index (χ0n) is 12.4. The molecule has 0 unspecified atom stereocenters. The summed E-state index contributed by atoms with van der Waals surface area (Å²) < 4.78 is 15.4. The van der Waals surface area contributed by atoms with Gasteiger partial charge in [-0.25, -0.2) is 0 Å². The standard InChI is InChI=1S/C15H20O6/c1-4-21-15(18)11(9-13(16)17)8-10-6-5-7-12(19-2)14(10)20-3/h5-7,11H,4,8-9H2,1-3H3,(H,16,17)/t11-/m0/s1. The maximum Gasteiger partial charge on any atom is 0.309 e. The summed E-state index contributed by atoms with van der Waals surface area (Å²) in [7, 11) is 3.01. The van der Waals surface area contributed by atoms with Gasteiger partial charge < -0.3 is 19.3 Å². The van der Waals surface area contributed by atoms with Crippen LogP contribution >= 0.6 is 0 Å². The van der Waals surface area contributed by atoms with Crippen LogP contribution in [0.25, 0.3) is 0 Å². The highest BCUT2D eigenvalue weighted by Gasteiger charge is 2.25. The third-order valence-electron chi connectivity index (χ3n) is 2.99. The van der Waals surface area contributed by atoms with Gasteiger partial charge in [-0.1, -0.05) is 12.1 Å². The van der Waals surface area contributed by atoms with Crippen molar-refractivity contribution in [1.82, 2.24) is 0 Å². The maximum absolute atomic E-state index is 11.9. The maximum atomic E-state index is 11.9. The Morgan fingerprint density at radius 3 is 2.48 bits per heavy atom. The summed E-state index contributed by atoms with van der Waals surface area (Å²) in [5.41, 5.74) is 0.705. The lowest BCUT2D eigenvalue weighted by atomic mass is 9.95. The molecule has 116 valence electrons. The molecule has 1 aromatic carbocycles. The van der Waals surface area contributed by atoms with Gasteiger partial charge in [0.15, 0.2) is 11.5 Å². The summed E-state index contributed by atoms with van der Waals surface area (Å²) >= 11 is 0. The molecular formula is C15H20O6. The molecule has 0 aliphatic heterocycles. The highest BCUT2D eigenvalue weighted by atomic mass is 16.5. The second kappa shape index (κ2) is 8.14. The Bertz CT molecular complexity index is 497.